The van der Waals surface area contributed by atoms with Crippen LogP contribution < -0.4 is 16.6 Å². The quantitative estimate of drug-likeness (QED) is 0.144. The van der Waals surface area contributed by atoms with E-state index >= 15 is 0 Å². The Morgan fingerprint density at radius 2 is 0.980 bits per heavy atom. The van der Waals surface area contributed by atoms with Crippen molar-refractivity contribution in [2.24, 2.45) is 14.1 Å². The van der Waals surface area contributed by atoms with Gasteiger partial charge >= 0.3 is 7.12 Å². The van der Waals surface area contributed by atoms with Crippen LogP contribution in [0.2, 0.25) is 0 Å². The molecule has 8 nitrogen and oxygen atoms in total. The summed E-state index contributed by atoms with van der Waals surface area (Å²) < 4.78 is 16.4. The van der Waals surface area contributed by atoms with Crippen molar-refractivity contribution in [2.45, 2.75) is 64.6 Å². The zero-order chi connectivity index (χ0) is 35.7. The lowest BCUT2D eigenvalue weighted by Gasteiger charge is -2.32. The van der Waals surface area contributed by atoms with Crippen LogP contribution in [-0.4, -0.2) is 37.4 Å². The van der Waals surface area contributed by atoms with Crippen molar-refractivity contribution in [3.05, 3.63) is 134 Å². The minimum Gasteiger partial charge on any atom is -0.399 e. The van der Waals surface area contributed by atoms with Crippen LogP contribution >= 0.6 is 0 Å². The lowest BCUT2D eigenvalue weighted by molar-refractivity contribution is 0.00578. The summed E-state index contributed by atoms with van der Waals surface area (Å²) in [6.07, 6.45) is 6.74. The molecule has 8 rings (SSSR count). The van der Waals surface area contributed by atoms with Gasteiger partial charge in [-0.1, -0.05) is 54.6 Å². The van der Waals surface area contributed by atoms with Gasteiger partial charge in [0.25, 0.3) is 11.1 Å². The second-order valence-electron chi connectivity index (χ2n) is 14.9. The van der Waals surface area contributed by atoms with E-state index in [1.165, 1.54) is 0 Å². The van der Waals surface area contributed by atoms with Gasteiger partial charge in [0, 0.05) is 37.3 Å². The van der Waals surface area contributed by atoms with Gasteiger partial charge in [-0.3, -0.25) is 19.6 Å². The monoisotopic (exact) mass is 676 g/mol. The molecule has 0 bridgehead atoms. The molecule has 9 heteroatoms. The fourth-order valence-electron chi connectivity index (χ4n) is 7.33. The van der Waals surface area contributed by atoms with Crippen LogP contribution in [0.1, 0.15) is 49.9 Å². The van der Waals surface area contributed by atoms with E-state index in [1.807, 2.05) is 87.2 Å². The third kappa shape index (κ3) is 5.74. The topological polar surface area (TPSA) is 88.2 Å². The van der Waals surface area contributed by atoms with Gasteiger partial charge in [-0.2, -0.15) is 0 Å². The number of fused-ring (bicyclic) bond motifs is 6. The van der Waals surface area contributed by atoms with Gasteiger partial charge in [-0.15, -0.1) is 0 Å². The highest BCUT2D eigenvalue weighted by Crippen LogP contribution is 2.36. The summed E-state index contributed by atoms with van der Waals surface area (Å²) in [5, 5.41) is 3.20. The molecule has 0 N–H and O–H groups in total. The van der Waals surface area contributed by atoms with Crippen LogP contribution in [0.25, 0.3) is 43.6 Å². The standard InChI is InChI=1S/C42H41BN4O4/c1-41(2)42(3,4)51-43(50-41)30-20-26(15-17-28-22-33-37(44-24-28)31-11-7-9-13-35(31)46(5)39(33)48)19-27(21-30)16-18-29-23-34-38(45-25-29)32-12-8-10-14-36(32)47(6)40(34)49/h7-14,19-25H,15-18H2,1-6H3. The van der Waals surface area contributed by atoms with E-state index in [-0.39, 0.29) is 11.1 Å². The lowest BCUT2D eigenvalue weighted by atomic mass is 9.76. The summed E-state index contributed by atoms with van der Waals surface area (Å²) in [6.45, 7) is 8.27. The number of aromatic nitrogens is 4. The molecule has 0 atom stereocenters. The van der Waals surface area contributed by atoms with Crippen molar-refractivity contribution in [2.75, 3.05) is 0 Å². The van der Waals surface area contributed by atoms with Crippen LogP contribution in [0.15, 0.2) is 101 Å². The molecule has 1 saturated heterocycles. The molecule has 0 aliphatic carbocycles. The van der Waals surface area contributed by atoms with Crippen molar-refractivity contribution in [1.82, 2.24) is 19.1 Å². The maximum absolute atomic E-state index is 13.3. The Labute approximate surface area is 296 Å². The van der Waals surface area contributed by atoms with E-state index in [4.69, 9.17) is 19.3 Å². The van der Waals surface area contributed by atoms with Crippen molar-refractivity contribution in [3.63, 3.8) is 0 Å². The second-order valence-corrected chi connectivity index (χ2v) is 14.9. The molecule has 1 fully saturated rings. The second kappa shape index (κ2) is 12.3. The highest BCUT2D eigenvalue weighted by Gasteiger charge is 2.51. The van der Waals surface area contributed by atoms with Crippen LogP contribution in [0.5, 0.6) is 0 Å². The molecular formula is C42H41BN4O4. The van der Waals surface area contributed by atoms with E-state index in [2.05, 4.69) is 45.9 Å². The molecule has 0 saturated carbocycles. The first kappa shape index (κ1) is 33.1. The van der Waals surface area contributed by atoms with Crippen molar-refractivity contribution >= 4 is 56.2 Å². The molecule has 0 radical (unpaired) electrons. The number of nitrogens with zero attached hydrogens (tertiary/aromatic N) is 4. The Bertz CT molecular complexity index is 2470. The maximum atomic E-state index is 13.3. The molecule has 0 spiro atoms. The van der Waals surface area contributed by atoms with Crippen LogP contribution in [0, 0.1) is 0 Å². The molecule has 1 aliphatic heterocycles. The maximum Gasteiger partial charge on any atom is 0.494 e. The number of rotatable bonds is 7. The Hall–Kier alpha value is -5.12. The summed E-state index contributed by atoms with van der Waals surface area (Å²) in [5.41, 5.74) is 7.50. The molecule has 256 valence electrons. The van der Waals surface area contributed by atoms with E-state index in [9.17, 15) is 9.59 Å². The number of pyridine rings is 4. The average Bonchev–Trinajstić information content (AvgIpc) is 3.36. The molecule has 51 heavy (non-hydrogen) atoms. The third-order valence-corrected chi connectivity index (χ3v) is 11.0. The third-order valence-electron chi connectivity index (χ3n) is 11.0. The fourth-order valence-corrected chi connectivity index (χ4v) is 7.33. The van der Waals surface area contributed by atoms with Gasteiger partial charge in [0.05, 0.1) is 44.0 Å². The minimum absolute atomic E-state index is 0.0442. The predicted molar refractivity (Wildman–Crippen MR) is 206 cm³/mol. The normalized spacial score (nSPS) is 15.5. The van der Waals surface area contributed by atoms with Crippen LogP contribution in [0.3, 0.4) is 0 Å². The van der Waals surface area contributed by atoms with Gasteiger partial charge in [0.1, 0.15) is 0 Å². The zero-order valence-electron chi connectivity index (χ0n) is 30.0. The smallest absolute Gasteiger partial charge is 0.399 e. The van der Waals surface area contributed by atoms with Crippen LogP contribution in [-0.2, 0) is 49.1 Å². The van der Waals surface area contributed by atoms with E-state index in [0.717, 1.165) is 86.2 Å². The molecule has 3 aromatic carbocycles. The van der Waals surface area contributed by atoms with E-state index in [0.29, 0.717) is 10.8 Å². The first-order valence-electron chi connectivity index (χ1n) is 17.6. The summed E-state index contributed by atoms with van der Waals surface area (Å²) >= 11 is 0. The van der Waals surface area contributed by atoms with Crippen molar-refractivity contribution < 1.29 is 9.31 Å². The Balaban J connectivity index is 1.10. The zero-order valence-corrected chi connectivity index (χ0v) is 30.0. The summed E-state index contributed by atoms with van der Waals surface area (Å²) in [7, 11) is 3.13. The fraction of sp³-hybridized carbons (Fsp3) is 0.286. The summed E-state index contributed by atoms with van der Waals surface area (Å²) in [4.78, 5) is 36.2. The first-order chi connectivity index (χ1) is 24.4. The average molecular weight is 677 g/mol. The van der Waals surface area contributed by atoms with Gasteiger partial charge in [0.15, 0.2) is 0 Å². The Morgan fingerprint density at radius 3 is 1.43 bits per heavy atom. The molecule has 5 heterocycles. The van der Waals surface area contributed by atoms with Crippen molar-refractivity contribution in [3.8, 4) is 0 Å². The first-order valence-corrected chi connectivity index (χ1v) is 17.6. The highest BCUT2D eigenvalue weighted by molar-refractivity contribution is 6.62. The number of hydrogen-bond acceptors (Lipinski definition) is 6. The lowest BCUT2D eigenvalue weighted by Crippen LogP contribution is -2.41. The largest absolute Gasteiger partial charge is 0.494 e. The number of benzene rings is 3. The molecule has 1 aliphatic rings. The molecule has 7 aromatic rings. The van der Waals surface area contributed by atoms with Crippen molar-refractivity contribution in [1.29, 1.82) is 0 Å². The Kier molecular flexibility index (Phi) is 7.96. The van der Waals surface area contributed by atoms with Gasteiger partial charge in [-0.05, 0) is 105 Å². The molecule has 0 amide bonds. The van der Waals surface area contributed by atoms with Crippen LogP contribution in [0.4, 0.5) is 0 Å². The summed E-state index contributed by atoms with van der Waals surface area (Å²) in [5.74, 6) is 0. The van der Waals surface area contributed by atoms with E-state index in [1.54, 1.807) is 9.13 Å². The van der Waals surface area contributed by atoms with Gasteiger partial charge in [0.2, 0.25) is 0 Å². The predicted octanol–water partition coefficient (Wildman–Crippen LogP) is 6.36. The summed E-state index contributed by atoms with van der Waals surface area (Å²) in [6, 6.07) is 26.4. The molecular weight excluding hydrogens is 635 g/mol. The number of para-hydroxylation sites is 2. The highest BCUT2D eigenvalue weighted by atomic mass is 16.7. The van der Waals surface area contributed by atoms with E-state index < -0.39 is 18.3 Å². The molecule has 0 unspecified atom stereocenters. The SMILES string of the molecule is Cn1c(=O)c2cc(CCc3cc(CCc4cnc5c(c4)c(=O)n(C)c4ccccc54)cc(B4OC(C)(C)C(C)(C)O4)c3)cnc2c2ccccc21. The van der Waals surface area contributed by atoms with Gasteiger partial charge in [-0.25, -0.2) is 0 Å². The van der Waals surface area contributed by atoms with Gasteiger partial charge < -0.3 is 18.4 Å². The number of hydrogen-bond donors (Lipinski definition) is 0. The molecule has 4 aromatic heterocycles. The Morgan fingerprint density at radius 1 is 0.569 bits per heavy atom. The number of aryl methyl sites for hydroxylation is 6. The minimum atomic E-state index is -0.494.